The van der Waals surface area contributed by atoms with Crippen LogP contribution in [0.15, 0.2) is 12.1 Å². The zero-order valence-electron chi connectivity index (χ0n) is 11.1. The fourth-order valence-electron chi connectivity index (χ4n) is 1.85. The molecule has 0 radical (unpaired) electrons. The number of nitrogens with zero attached hydrogens (tertiary/aromatic N) is 2. The summed E-state index contributed by atoms with van der Waals surface area (Å²) >= 11 is 0. The van der Waals surface area contributed by atoms with Crippen LogP contribution in [0.5, 0.6) is 0 Å². The van der Waals surface area contributed by atoms with E-state index in [-0.39, 0.29) is 0 Å². The number of aromatic nitrogens is 1. The lowest BCUT2D eigenvalue weighted by Crippen LogP contribution is -2.22. The Kier molecular flexibility index (Phi) is 3.87. The van der Waals surface area contributed by atoms with E-state index in [1.807, 2.05) is 11.8 Å². The Bertz CT molecular complexity index is 441. The summed E-state index contributed by atoms with van der Waals surface area (Å²) < 4.78 is 38.6. The van der Waals surface area contributed by atoms with Crippen LogP contribution in [0.4, 0.5) is 24.8 Å². The van der Waals surface area contributed by atoms with Gasteiger partial charge < -0.3 is 10.2 Å². The quantitative estimate of drug-likeness (QED) is 0.889. The molecule has 1 aliphatic rings. The number of alkyl halides is 3. The van der Waals surface area contributed by atoms with E-state index in [0.29, 0.717) is 24.2 Å². The van der Waals surface area contributed by atoms with Crippen molar-refractivity contribution in [2.45, 2.75) is 38.4 Å². The number of pyridine rings is 1. The molecule has 106 valence electrons. The molecule has 2 rings (SSSR count). The van der Waals surface area contributed by atoms with E-state index in [1.165, 1.54) is 0 Å². The molecule has 0 saturated heterocycles. The largest absolute Gasteiger partial charge is 0.416 e. The minimum Gasteiger partial charge on any atom is -0.370 e. The number of halogens is 3. The highest BCUT2D eigenvalue weighted by atomic mass is 19.4. The van der Waals surface area contributed by atoms with E-state index in [4.69, 9.17) is 0 Å². The van der Waals surface area contributed by atoms with Gasteiger partial charge in [-0.1, -0.05) is 6.92 Å². The maximum atomic E-state index is 12.9. The van der Waals surface area contributed by atoms with Gasteiger partial charge in [-0.25, -0.2) is 4.98 Å². The van der Waals surface area contributed by atoms with Gasteiger partial charge in [0.1, 0.15) is 11.6 Å². The molecule has 0 bridgehead atoms. The minimum absolute atomic E-state index is 0.291. The van der Waals surface area contributed by atoms with Crippen molar-refractivity contribution >= 4 is 11.6 Å². The zero-order valence-corrected chi connectivity index (χ0v) is 11.1. The molecule has 3 nitrogen and oxygen atoms in total. The summed E-state index contributed by atoms with van der Waals surface area (Å²) in [6, 6.07) is 2.52. The number of nitrogens with one attached hydrogen (secondary N) is 1. The van der Waals surface area contributed by atoms with Crippen molar-refractivity contribution in [3.05, 3.63) is 17.7 Å². The third-order valence-corrected chi connectivity index (χ3v) is 3.15. The van der Waals surface area contributed by atoms with Crippen molar-refractivity contribution < 1.29 is 13.2 Å². The number of hydrogen-bond acceptors (Lipinski definition) is 3. The first-order chi connectivity index (χ1) is 8.91. The number of hydrogen-bond donors (Lipinski definition) is 1. The Hall–Kier alpha value is -1.46. The Labute approximate surface area is 110 Å². The van der Waals surface area contributed by atoms with Gasteiger partial charge in [-0.15, -0.1) is 0 Å². The average Bonchev–Trinajstić information content (AvgIpc) is 3.18. The highest BCUT2D eigenvalue weighted by molar-refractivity contribution is 5.52. The monoisotopic (exact) mass is 273 g/mol. The number of rotatable bonds is 5. The standard InChI is InChI=1S/C13H18F3N3/c1-3-6-17-11-7-9(13(14,15)16)8-12(18-11)19(2)10-4-5-10/h7-8,10H,3-6H2,1-2H3,(H,17,18). The van der Waals surface area contributed by atoms with Crippen LogP contribution in [0.2, 0.25) is 0 Å². The highest BCUT2D eigenvalue weighted by Gasteiger charge is 2.33. The molecule has 0 atom stereocenters. The van der Waals surface area contributed by atoms with Gasteiger partial charge in [0, 0.05) is 19.6 Å². The summed E-state index contributed by atoms with van der Waals surface area (Å²) in [4.78, 5) is 6.09. The minimum atomic E-state index is -4.34. The Morgan fingerprint density at radius 1 is 1.37 bits per heavy atom. The van der Waals surface area contributed by atoms with E-state index in [0.717, 1.165) is 31.4 Å². The van der Waals surface area contributed by atoms with Crippen molar-refractivity contribution in [2.75, 3.05) is 23.8 Å². The van der Waals surface area contributed by atoms with Gasteiger partial charge in [0.05, 0.1) is 5.56 Å². The first-order valence-corrected chi connectivity index (χ1v) is 6.48. The van der Waals surface area contributed by atoms with Crippen molar-refractivity contribution in [3.8, 4) is 0 Å². The topological polar surface area (TPSA) is 28.2 Å². The SMILES string of the molecule is CCCNc1cc(C(F)(F)F)cc(N(C)C2CC2)n1. The lowest BCUT2D eigenvalue weighted by molar-refractivity contribution is -0.137. The van der Waals surface area contributed by atoms with Gasteiger partial charge in [0.15, 0.2) is 0 Å². The van der Waals surface area contributed by atoms with Crippen molar-refractivity contribution in [1.29, 1.82) is 0 Å². The molecule has 0 aromatic carbocycles. The normalized spacial score (nSPS) is 15.4. The molecule has 0 amide bonds. The smallest absolute Gasteiger partial charge is 0.370 e. The van der Waals surface area contributed by atoms with Crippen LogP contribution in [-0.4, -0.2) is 24.6 Å². The van der Waals surface area contributed by atoms with Gasteiger partial charge in [0.2, 0.25) is 0 Å². The van der Waals surface area contributed by atoms with Crippen LogP contribution in [0, 0.1) is 0 Å². The van der Waals surface area contributed by atoms with Crippen LogP contribution < -0.4 is 10.2 Å². The fourth-order valence-corrected chi connectivity index (χ4v) is 1.85. The molecule has 1 aromatic heterocycles. The van der Waals surface area contributed by atoms with Crippen molar-refractivity contribution in [1.82, 2.24) is 4.98 Å². The van der Waals surface area contributed by atoms with Crippen LogP contribution in [-0.2, 0) is 6.18 Å². The predicted molar refractivity (Wildman–Crippen MR) is 69.4 cm³/mol. The highest BCUT2D eigenvalue weighted by Crippen LogP contribution is 2.35. The Morgan fingerprint density at radius 3 is 2.58 bits per heavy atom. The maximum absolute atomic E-state index is 12.9. The third kappa shape index (κ3) is 3.52. The molecular weight excluding hydrogens is 255 g/mol. The average molecular weight is 273 g/mol. The summed E-state index contributed by atoms with van der Waals surface area (Å²) in [5, 5.41) is 2.92. The molecule has 1 heterocycles. The molecule has 0 aliphatic heterocycles. The van der Waals surface area contributed by atoms with E-state index in [9.17, 15) is 13.2 Å². The lowest BCUT2D eigenvalue weighted by atomic mass is 10.2. The Balaban J connectivity index is 2.30. The van der Waals surface area contributed by atoms with Crippen molar-refractivity contribution in [3.63, 3.8) is 0 Å². The lowest BCUT2D eigenvalue weighted by Gasteiger charge is -2.20. The fraction of sp³-hybridized carbons (Fsp3) is 0.615. The molecule has 19 heavy (non-hydrogen) atoms. The van der Waals surface area contributed by atoms with Crippen LogP contribution in [0.25, 0.3) is 0 Å². The van der Waals surface area contributed by atoms with Crippen molar-refractivity contribution in [2.24, 2.45) is 0 Å². The molecular formula is C13H18F3N3. The predicted octanol–water partition coefficient (Wildman–Crippen LogP) is 3.52. The molecule has 6 heteroatoms. The summed E-state index contributed by atoms with van der Waals surface area (Å²) in [7, 11) is 1.80. The van der Waals surface area contributed by atoms with E-state index >= 15 is 0 Å². The Morgan fingerprint density at radius 2 is 2.05 bits per heavy atom. The third-order valence-electron chi connectivity index (χ3n) is 3.15. The summed E-state index contributed by atoms with van der Waals surface area (Å²) in [5.74, 6) is 0.676. The van der Waals surface area contributed by atoms with Crippen LogP contribution in [0.1, 0.15) is 31.7 Å². The molecule has 1 N–H and O–H groups in total. The zero-order chi connectivity index (χ0) is 14.0. The van der Waals surface area contributed by atoms with Crippen LogP contribution >= 0.6 is 0 Å². The molecule has 1 aromatic rings. The number of anilines is 2. The summed E-state index contributed by atoms with van der Waals surface area (Å²) in [6.07, 6.45) is -1.46. The van der Waals surface area contributed by atoms with Gasteiger partial charge in [-0.3, -0.25) is 0 Å². The second-order valence-corrected chi connectivity index (χ2v) is 4.87. The van der Waals surface area contributed by atoms with Gasteiger partial charge in [-0.2, -0.15) is 13.2 Å². The molecule has 1 fully saturated rings. The van der Waals surface area contributed by atoms with Gasteiger partial charge in [0.25, 0.3) is 0 Å². The first-order valence-electron chi connectivity index (χ1n) is 6.48. The molecule has 1 aliphatic carbocycles. The maximum Gasteiger partial charge on any atom is 0.416 e. The van der Waals surface area contributed by atoms with E-state index in [2.05, 4.69) is 10.3 Å². The molecule has 0 spiro atoms. The molecule has 0 unspecified atom stereocenters. The molecule has 1 saturated carbocycles. The first kappa shape index (κ1) is 14.0. The second kappa shape index (κ2) is 5.27. The van der Waals surface area contributed by atoms with Gasteiger partial charge >= 0.3 is 6.18 Å². The van der Waals surface area contributed by atoms with Crippen LogP contribution in [0.3, 0.4) is 0 Å². The summed E-state index contributed by atoms with van der Waals surface area (Å²) in [6.45, 7) is 2.57. The summed E-state index contributed by atoms with van der Waals surface area (Å²) in [5.41, 5.74) is -0.649. The second-order valence-electron chi connectivity index (χ2n) is 4.87. The van der Waals surface area contributed by atoms with Gasteiger partial charge in [-0.05, 0) is 31.4 Å². The van der Waals surface area contributed by atoms with E-state index < -0.39 is 11.7 Å². The van der Waals surface area contributed by atoms with E-state index in [1.54, 1.807) is 7.05 Å².